The van der Waals surface area contributed by atoms with Crippen molar-refractivity contribution in [3.8, 4) is 0 Å². The summed E-state index contributed by atoms with van der Waals surface area (Å²) < 4.78 is 1.89. The minimum Gasteiger partial charge on any atom is -0.378 e. The lowest BCUT2D eigenvalue weighted by Gasteiger charge is -2.13. The summed E-state index contributed by atoms with van der Waals surface area (Å²) >= 11 is 6.09. The van der Waals surface area contributed by atoms with E-state index in [9.17, 15) is 4.79 Å². The van der Waals surface area contributed by atoms with Crippen LogP contribution < -0.4 is 10.2 Å². The van der Waals surface area contributed by atoms with Crippen molar-refractivity contribution in [1.29, 1.82) is 0 Å². The summed E-state index contributed by atoms with van der Waals surface area (Å²) in [6, 6.07) is 21.5. The Bertz CT molecular complexity index is 1180. The molecule has 1 heterocycles. The Hall–Kier alpha value is -3.31. The Morgan fingerprint density at radius 3 is 2.57 bits per heavy atom. The van der Waals surface area contributed by atoms with Gasteiger partial charge in [0, 0.05) is 42.3 Å². The van der Waals surface area contributed by atoms with E-state index in [1.807, 2.05) is 96.6 Å². The number of halogens is 1. The molecule has 0 radical (unpaired) electrons. The molecule has 4 aromatic rings. The molecule has 152 valence electrons. The second-order valence-corrected chi connectivity index (χ2v) is 7.89. The van der Waals surface area contributed by atoms with Gasteiger partial charge in [0.1, 0.15) is 0 Å². The highest BCUT2D eigenvalue weighted by atomic mass is 35.5. The fourth-order valence-corrected chi connectivity index (χ4v) is 3.56. The summed E-state index contributed by atoms with van der Waals surface area (Å²) in [6.45, 7) is 1.07. The van der Waals surface area contributed by atoms with E-state index in [1.54, 1.807) is 0 Å². The number of amides is 1. The second kappa shape index (κ2) is 8.59. The van der Waals surface area contributed by atoms with E-state index < -0.39 is 0 Å². The van der Waals surface area contributed by atoms with E-state index >= 15 is 0 Å². The summed E-state index contributed by atoms with van der Waals surface area (Å²) in [5, 5.41) is 9.16. The number of carbonyl (C=O) groups excluding carboxylic acids is 1. The van der Waals surface area contributed by atoms with Crippen molar-refractivity contribution >= 4 is 34.1 Å². The van der Waals surface area contributed by atoms with Crippen LogP contribution in [0, 0.1) is 0 Å². The maximum absolute atomic E-state index is 12.7. The molecule has 1 amide bonds. The molecule has 0 aliphatic carbocycles. The summed E-state index contributed by atoms with van der Waals surface area (Å²) in [6.07, 6.45) is 1.81. The van der Waals surface area contributed by atoms with Gasteiger partial charge in [0.25, 0.3) is 5.91 Å². The zero-order chi connectivity index (χ0) is 21.1. The first-order chi connectivity index (χ1) is 14.5. The van der Waals surface area contributed by atoms with Crippen LogP contribution >= 0.6 is 11.6 Å². The maximum atomic E-state index is 12.7. The molecule has 0 aliphatic heterocycles. The molecule has 30 heavy (non-hydrogen) atoms. The van der Waals surface area contributed by atoms with Crippen LogP contribution in [0.25, 0.3) is 10.9 Å². The molecule has 0 saturated heterocycles. The number of rotatable bonds is 6. The Morgan fingerprint density at radius 1 is 1.03 bits per heavy atom. The van der Waals surface area contributed by atoms with E-state index in [4.69, 9.17) is 11.6 Å². The third-order valence-electron chi connectivity index (χ3n) is 5.03. The summed E-state index contributed by atoms with van der Waals surface area (Å²) in [7, 11) is 4.01. The molecule has 1 aromatic heterocycles. The van der Waals surface area contributed by atoms with Crippen LogP contribution in [0.5, 0.6) is 0 Å². The van der Waals surface area contributed by atoms with Crippen molar-refractivity contribution in [3.05, 3.63) is 94.6 Å². The highest BCUT2D eigenvalue weighted by Crippen LogP contribution is 2.19. The van der Waals surface area contributed by atoms with E-state index in [0.29, 0.717) is 23.7 Å². The highest BCUT2D eigenvalue weighted by molar-refractivity contribution is 6.30. The van der Waals surface area contributed by atoms with Crippen molar-refractivity contribution in [2.75, 3.05) is 19.0 Å². The number of fused-ring (bicyclic) bond motifs is 1. The first kappa shape index (κ1) is 20.0. The van der Waals surface area contributed by atoms with Gasteiger partial charge in [0.05, 0.1) is 18.3 Å². The van der Waals surface area contributed by atoms with E-state index in [0.717, 1.165) is 27.7 Å². The molecule has 0 spiro atoms. The van der Waals surface area contributed by atoms with Crippen molar-refractivity contribution in [3.63, 3.8) is 0 Å². The molecule has 0 atom stereocenters. The van der Waals surface area contributed by atoms with Gasteiger partial charge in [-0.15, -0.1) is 0 Å². The van der Waals surface area contributed by atoms with Crippen LogP contribution in [0.1, 0.15) is 21.5 Å². The normalized spacial score (nSPS) is 10.9. The number of hydrogen-bond donors (Lipinski definition) is 1. The standard InChI is InChI=1S/C24H23ClN4O/c1-28(2)22-10-6-17(7-11-22)14-26-24(30)19-8-9-20-15-27-29(23(20)13-19)16-18-4-3-5-21(25)12-18/h3-13,15H,14,16H2,1-2H3,(H,26,30). The lowest BCUT2D eigenvalue weighted by molar-refractivity contribution is 0.0951. The molecular formula is C24H23ClN4O. The van der Waals surface area contributed by atoms with Gasteiger partial charge < -0.3 is 10.2 Å². The van der Waals surface area contributed by atoms with Crippen LogP contribution in [0.15, 0.2) is 72.9 Å². The minimum absolute atomic E-state index is 0.107. The number of hydrogen-bond acceptors (Lipinski definition) is 3. The number of nitrogens with one attached hydrogen (secondary N) is 1. The predicted octanol–water partition coefficient (Wildman–Crippen LogP) is 4.73. The fraction of sp³-hybridized carbons (Fsp3) is 0.167. The molecule has 3 aromatic carbocycles. The number of nitrogens with zero attached hydrogens (tertiary/aromatic N) is 3. The van der Waals surface area contributed by atoms with Crippen molar-refractivity contribution < 1.29 is 4.79 Å². The van der Waals surface area contributed by atoms with Crippen LogP contribution in [-0.2, 0) is 13.1 Å². The molecule has 5 nitrogen and oxygen atoms in total. The van der Waals surface area contributed by atoms with Gasteiger partial charge in [0.2, 0.25) is 0 Å². The molecule has 0 bridgehead atoms. The molecule has 0 aliphatic rings. The Balaban J connectivity index is 1.49. The lowest BCUT2D eigenvalue weighted by Crippen LogP contribution is -2.22. The van der Waals surface area contributed by atoms with Gasteiger partial charge in [-0.1, -0.05) is 41.9 Å². The number of anilines is 1. The average Bonchev–Trinajstić information content (AvgIpc) is 3.14. The first-order valence-corrected chi connectivity index (χ1v) is 10.1. The zero-order valence-electron chi connectivity index (χ0n) is 17.0. The van der Waals surface area contributed by atoms with E-state index in [1.165, 1.54) is 0 Å². The topological polar surface area (TPSA) is 50.2 Å². The Labute approximate surface area is 180 Å². The number of benzene rings is 3. The molecular weight excluding hydrogens is 396 g/mol. The third-order valence-corrected chi connectivity index (χ3v) is 5.27. The second-order valence-electron chi connectivity index (χ2n) is 7.45. The van der Waals surface area contributed by atoms with Crippen LogP contribution in [0.4, 0.5) is 5.69 Å². The zero-order valence-corrected chi connectivity index (χ0v) is 17.7. The lowest BCUT2D eigenvalue weighted by atomic mass is 10.1. The maximum Gasteiger partial charge on any atom is 0.251 e. The van der Waals surface area contributed by atoms with Crippen molar-refractivity contribution in [2.45, 2.75) is 13.1 Å². The Kier molecular flexibility index (Phi) is 5.72. The quantitative estimate of drug-likeness (QED) is 0.492. The Morgan fingerprint density at radius 2 is 1.83 bits per heavy atom. The first-order valence-electron chi connectivity index (χ1n) is 9.74. The van der Waals surface area contributed by atoms with Crippen LogP contribution in [0.3, 0.4) is 0 Å². The summed E-state index contributed by atoms with van der Waals surface area (Å²) in [4.78, 5) is 14.8. The predicted molar refractivity (Wildman–Crippen MR) is 122 cm³/mol. The molecule has 4 rings (SSSR count). The third kappa shape index (κ3) is 4.47. The van der Waals surface area contributed by atoms with Gasteiger partial charge in [-0.3, -0.25) is 9.48 Å². The minimum atomic E-state index is -0.107. The smallest absolute Gasteiger partial charge is 0.251 e. The fourth-order valence-electron chi connectivity index (χ4n) is 3.34. The van der Waals surface area contributed by atoms with Crippen LogP contribution in [-0.4, -0.2) is 29.8 Å². The van der Waals surface area contributed by atoms with Crippen molar-refractivity contribution in [1.82, 2.24) is 15.1 Å². The molecule has 1 N–H and O–H groups in total. The van der Waals surface area contributed by atoms with Gasteiger partial charge in [-0.2, -0.15) is 5.10 Å². The SMILES string of the molecule is CN(C)c1ccc(CNC(=O)c2ccc3cnn(Cc4cccc(Cl)c4)c3c2)cc1. The molecule has 6 heteroatoms. The molecule has 0 saturated carbocycles. The molecule has 0 unspecified atom stereocenters. The van der Waals surface area contributed by atoms with Gasteiger partial charge >= 0.3 is 0 Å². The largest absolute Gasteiger partial charge is 0.378 e. The van der Waals surface area contributed by atoms with Gasteiger partial charge in [0.15, 0.2) is 0 Å². The molecule has 0 fully saturated rings. The average molecular weight is 419 g/mol. The monoisotopic (exact) mass is 418 g/mol. The number of carbonyl (C=O) groups is 1. The van der Waals surface area contributed by atoms with E-state index in [-0.39, 0.29) is 5.91 Å². The van der Waals surface area contributed by atoms with Crippen molar-refractivity contribution in [2.24, 2.45) is 0 Å². The highest BCUT2D eigenvalue weighted by Gasteiger charge is 2.10. The van der Waals surface area contributed by atoms with Gasteiger partial charge in [-0.05, 0) is 47.5 Å². The summed E-state index contributed by atoms with van der Waals surface area (Å²) in [5.74, 6) is -0.107. The van der Waals surface area contributed by atoms with Gasteiger partial charge in [-0.25, -0.2) is 0 Å². The van der Waals surface area contributed by atoms with E-state index in [2.05, 4.69) is 10.4 Å². The number of aromatic nitrogens is 2. The van der Waals surface area contributed by atoms with Crippen LogP contribution in [0.2, 0.25) is 5.02 Å². The summed E-state index contributed by atoms with van der Waals surface area (Å²) in [5.41, 5.74) is 4.77.